The minimum atomic E-state index is -4.87. The number of hydrogen-bond acceptors (Lipinski definition) is 11. The van der Waals surface area contributed by atoms with Crippen molar-refractivity contribution < 1.29 is 82.5 Å². The van der Waals surface area contributed by atoms with Crippen LogP contribution < -0.4 is 31.1 Å². The van der Waals surface area contributed by atoms with Crippen molar-refractivity contribution in [2.24, 2.45) is 5.92 Å². The Balaban J connectivity index is 3.34. The zero-order chi connectivity index (χ0) is 42.0. The van der Waals surface area contributed by atoms with Crippen LogP contribution in [0, 0.1) is 5.92 Å². The summed E-state index contributed by atoms with van der Waals surface area (Å²) in [6.07, 6.45) is -3.56. The Morgan fingerprint density at radius 1 is 0.636 bits per heavy atom. The molecule has 0 aliphatic carbocycles. The Morgan fingerprint density at radius 3 is 1.45 bits per heavy atom. The van der Waals surface area contributed by atoms with E-state index in [1.807, 2.05) is 0 Å². The normalized spacial score (nSPS) is 14.3. The van der Waals surface area contributed by atoms with Gasteiger partial charge in [-0.2, -0.15) is 0 Å². The number of carbonyl (C=O) groups excluding carboxylic acids is 5. The van der Waals surface area contributed by atoms with Gasteiger partial charge in [0, 0.05) is 32.6 Å². The van der Waals surface area contributed by atoms with Gasteiger partial charge in [0.05, 0.1) is 0 Å². The molecule has 0 radical (unpaired) electrons. The topological polar surface area (TPSA) is 361 Å². The van der Waals surface area contributed by atoms with Crippen LogP contribution in [0.4, 0.5) is 0 Å². The summed E-state index contributed by atoms with van der Waals surface area (Å²) in [6.45, 7) is 4.25. The van der Waals surface area contributed by atoms with Crippen LogP contribution in [-0.2, 0) is 54.1 Å². The van der Waals surface area contributed by atoms with E-state index in [4.69, 9.17) is 14.9 Å². The smallest absolute Gasteiger partial charge is 0.481 e. The van der Waals surface area contributed by atoms with Gasteiger partial charge in [-0.1, -0.05) is 32.4 Å². The fourth-order valence-corrected chi connectivity index (χ4v) is 5.27. The number of carboxylic acids is 4. The molecule has 0 bridgehead atoms. The number of phosphoric acid groups is 1. The van der Waals surface area contributed by atoms with Gasteiger partial charge in [-0.05, 0) is 42.9 Å². The first-order chi connectivity index (χ1) is 25.5. The summed E-state index contributed by atoms with van der Waals surface area (Å²) in [4.78, 5) is 129. The second-order valence-corrected chi connectivity index (χ2v) is 13.5. The van der Waals surface area contributed by atoms with Crippen LogP contribution in [-0.4, -0.2) is 114 Å². The van der Waals surface area contributed by atoms with Gasteiger partial charge < -0.3 is 51.5 Å². The van der Waals surface area contributed by atoms with Crippen molar-refractivity contribution in [1.29, 1.82) is 0 Å². The molecule has 23 heteroatoms. The third-order valence-corrected chi connectivity index (χ3v) is 8.34. The summed E-state index contributed by atoms with van der Waals surface area (Å²) >= 11 is 0. The minimum Gasteiger partial charge on any atom is -0.481 e. The van der Waals surface area contributed by atoms with Crippen molar-refractivity contribution in [3.8, 4) is 5.75 Å². The molecule has 55 heavy (non-hydrogen) atoms. The number of phosphoric ester groups is 1. The Kier molecular flexibility index (Phi) is 19.5. The van der Waals surface area contributed by atoms with E-state index in [1.54, 1.807) is 6.92 Å². The van der Waals surface area contributed by atoms with Gasteiger partial charge in [0.1, 0.15) is 36.0 Å². The lowest BCUT2D eigenvalue weighted by atomic mass is 9.96. The fraction of sp³-hybridized carbons (Fsp3) is 0.531. The van der Waals surface area contributed by atoms with Gasteiger partial charge in [-0.3, -0.25) is 48.1 Å². The van der Waals surface area contributed by atoms with E-state index >= 15 is 0 Å². The standard InChI is InChI=1S/C32H46N5O17P/c1-4-16(2)27(31(48)36-22(32(49)50)11-14-26(43)44)37-29(46)21(10-13-25(41)42)34-28(45)20(9-12-24(39)40)35-30(47)23(33-17(3)38)15-18-5-7-19(8-6-18)54-55(51,52)53/h5-8,16,20-23,27H,4,9-15H2,1-3H3,(H,33,38)(H,34,45)(H,35,47)(H,36,48)(H,37,46)(H,39,40)(H,41,42)(H,43,44)(H,49,50)(H2,51,52,53)/t16?,20-,21-,22-,23-,27-/m0/s1. The van der Waals surface area contributed by atoms with Crippen LogP contribution in [0.25, 0.3) is 0 Å². The number of aliphatic carboxylic acids is 4. The number of amides is 5. The molecule has 1 aromatic rings. The third-order valence-electron chi connectivity index (χ3n) is 7.90. The Labute approximate surface area is 314 Å². The van der Waals surface area contributed by atoms with Crippen LogP contribution in [0.15, 0.2) is 24.3 Å². The number of nitrogens with one attached hydrogen (secondary N) is 5. The zero-order valence-electron chi connectivity index (χ0n) is 30.1. The highest BCUT2D eigenvalue weighted by molar-refractivity contribution is 7.46. The van der Waals surface area contributed by atoms with Gasteiger partial charge in [0.25, 0.3) is 0 Å². The fourth-order valence-electron chi connectivity index (χ4n) is 4.87. The second kappa shape index (κ2) is 22.6. The molecule has 11 N–H and O–H groups in total. The molecule has 5 amide bonds. The largest absolute Gasteiger partial charge is 0.524 e. The SMILES string of the molecule is CCC(C)[C@H](NC(=O)[C@H](CCC(=O)O)NC(=O)[C@H](CCC(=O)O)NC(=O)[C@H](Cc1ccc(OP(=O)(O)O)cc1)NC(C)=O)C(=O)N[C@@H](CCC(=O)O)C(=O)O. The predicted molar refractivity (Wildman–Crippen MR) is 186 cm³/mol. The number of carboxylic acid groups (broad SMARTS) is 4. The highest BCUT2D eigenvalue weighted by atomic mass is 31.2. The monoisotopic (exact) mass is 803 g/mol. The van der Waals surface area contributed by atoms with Crippen LogP contribution >= 0.6 is 7.82 Å². The minimum absolute atomic E-state index is 0.208. The predicted octanol–water partition coefficient (Wildman–Crippen LogP) is -1.13. The average Bonchev–Trinajstić information content (AvgIpc) is 3.07. The maximum atomic E-state index is 13.6. The van der Waals surface area contributed by atoms with Crippen molar-refractivity contribution in [2.75, 3.05) is 0 Å². The van der Waals surface area contributed by atoms with Crippen molar-refractivity contribution in [3.63, 3.8) is 0 Å². The molecule has 0 aromatic heterocycles. The van der Waals surface area contributed by atoms with Gasteiger partial charge in [-0.15, -0.1) is 0 Å². The van der Waals surface area contributed by atoms with Crippen LogP contribution in [0.5, 0.6) is 5.75 Å². The summed E-state index contributed by atoms with van der Waals surface area (Å²) in [5.74, 6) is -11.5. The number of benzene rings is 1. The summed E-state index contributed by atoms with van der Waals surface area (Å²) in [5.41, 5.74) is 0.348. The molecule has 1 rings (SSSR count). The van der Waals surface area contributed by atoms with Gasteiger partial charge in [-0.25, -0.2) is 9.36 Å². The number of hydrogen-bond donors (Lipinski definition) is 11. The Morgan fingerprint density at radius 2 is 1.05 bits per heavy atom. The number of rotatable bonds is 25. The van der Waals surface area contributed by atoms with Crippen molar-refractivity contribution in [1.82, 2.24) is 26.6 Å². The van der Waals surface area contributed by atoms with Crippen LogP contribution in [0.1, 0.15) is 71.3 Å². The molecule has 0 heterocycles. The molecular formula is C32H46N5O17P. The lowest BCUT2D eigenvalue weighted by Crippen LogP contribution is -2.60. The van der Waals surface area contributed by atoms with E-state index in [0.29, 0.717) is 5.56 Å². The van der Waals surface area contributed by atoms with Crippen molar-refractivity contribution in [2.45, 2.75) is 102 Å². The molecule has 22 nitrogen and oxygen atoms in total. The highest BCUT2D eigenvalue weighted by Crippen LogP contribution is 2.37. The maximum absolute atomic E-state index is 13.6. The van der Waals surface area contributed by atoms with Crippen LogP contribution in [0.3, 0.4) is 0 Å². The lowest BCUT2D eigenvalue weighted by molar-refractivity contribution is -0.144. The van der Waals surface area contributed by atoms with Gasteiger partial charge in [0.2, 0.25) is 29.5 Å². The maximum Gasteiger partial charge on any atom is 0.524 e. The summed E-state index contributed by atoms with van der Waals surface area (Å²) in [5, 5.41) is 48.5. The van der Waals surface area contributed by atoms with Crippen LogP contribution in [0.2, 0.25) is 0 Å². The molecule has 6 atom stereocenters. The van der Waals surface area contributed by atoms with Gasteiger partial charge in [0.15, 0.2) is 0 Å². The zero-order valence-corrected chi connectivity index (χ0v) is 30.9. The van der Waals surface area contributed by atoms with E-state index in [9.17, 15) is 63.0 Å². The van der Waals surface area contributed by atoms with E-state index < -0.39 is 136 Å². The van der Waals surface area contributed by atoms with Crippen molar-refractivity contribution >= 4 is 61.2 Å². The molecule has 0 aliphatic rings. The quantitative estimate of drug-likeness (QED) is 0.0521. The van der Waals surface area contributed by atoms with Gasteiger partial charge >= 0.3 is 31.7 Å². The average molecular weight is 804 g/mol. The summed E-state index contributed by atoms with van der Waals surface area (Å²) in [6, 6.07) is -2.84. The second-order valence-electron chi connectivity index (χ2n) is 12.4. The molecule has 0 aliphatic heterocycles. The molecule has 0 spiro atoms. The number of carbonyl (C=O) groups is 9. The molecule has 306 valence electrons. The van der Waals surface area contributed by atoms with E-state index in [-0.39, 0.29) is 18.6 Å². The van der Waals surface area contributed by atoms with E-state index in [2.05, 4.69) is 31.1 Å². The molecule has 0 saturated heterocycles. The highest BCUT2D eigenvalue weighted by Gasteiger charge is 2.34. The first kappa shape index (κ1) is 47.4. The Bertz CT molecular complexity index is 1620. The molecule has 0 fully saturated rings. The molecule has 1 aromatic carbocycles. The van der Waals surface area contributed by atoms with Crippen molar-refractivity contribution in [3.05, 3.63) is 29.8 Å². The van der Waals surface area contributed by atoms with E-state index in [0.717, 1.165) is 6.92 Å². The first-order valence-electron chi connectivity index (χ1n) is 16.7. The summed E-state index contributed by atoms with van der Waals surface area (Å²) < 4.78 is 15.6. The molecule has 1 unspecified atom stereocenters. The molecular weight excluding hydrogens is 757 g/mol. The summed E-state index contributed by atoms with van der Waals surface area (Å²) in [7, 11) is -4.87. The third kappa shape index (κ3) is 18.8. The van der Waals surface area contributed by atoms with E-state index in [1.165, 1.54) is 31.2 Å². The first-order valence-corrected chi connectivity index (χ1v) is 18.3. The lowest BCUT2D eigenvalue weighted by Gasteiger charge is -2.28. The Hall–Kier alpha value is -5.60. The molecule has 0 saturated carbocycles.